The molecular formula is C74H143NO5. The molecule has 0 aliphatic rings. The number of hydrogen-bond donors (Lipinski definition) is 3. The predicted molar refractivity (Wildman–Crippen MR) is 352 cm³/mol. The van der Waals surface area contributed by atoms with Crippen LogP contribution in [0.1, 0.15) is 412 Å². The molecule has 0 heterocycles. The summed E-state index contributed by atoms with van der Waals surface area (Å²) in [6.07, 6.45) is 88.1. The number of carbonyl (C=O) groups is 2. The molecule has 2 unspecified atom stereocenters. The molecule has 2 atom stereocenters. The summed E-state index contributed by atoms with van der Waals surface area (Å²) in [6.45, 7) is 4.97. The van der Waals surface area contributed by atoms with Gasteiger partial charge < -0.3 is 20.3 Å². The van der Waals surface area contributed by atoms with Crippen molar-refractivity contribution in [3.63, 3.8) is 0 Å². The van der Waals surface area contributed by atoms with Gasteiger partial charge in [-0.15, -0.1) is 0 Å². The average molecular weight is 1130 g/mol. The van der Waals surface area contributed by atoms with E-state index in [1.54, 1.807) is 0 Å². The van der Waals surface area contributed by atoms with E-state index in [2.05, 4.69) is 43.5 Å². The number of nitrogens with one attached hydrogen (secondary N) is 1. The van der Waals surface area contributed by atoms with Gasteiger partial charge in [-0.25, -0.2) is 0 Å². The maximum atomic E-state index is 12.6. The van der Waals surface area contributed by atoms with Gasteiger partial charge in [0.1, 0.15) is 0 Å². The number of aliphatic hydroxyl groups is 2. The van der Waals surface area contributed by atoms with Gasteiger partial charge in [-0.3, -0.25) is 9.59 Å². The summed E-state index contributed by atoms with van der Waals surface area (Å²) in [5.41, 5.74) is 0. The molecule has 1 amide bonds. The highest BCUT2D eigenvalue weighted by Crippen LogP contribution is 2.19. The van der Waals surface area contributed by atoms with Crippen LogP contribution in [0.15, 0.2) is 24.3 Å². The number of rotatable bonds is 69. The molecule has 0 saturated carbocycles. The van der Waals surface area contributed by atoms with Crippen LogP contribution in [-0.4, -0.2) is 47.4 Å². The van der Waals surface area contributed by atoms with E-state index in [-0.39, 0.29) is 18.5 Å². The molecule has 0 radical (unpaired) electrons. The Bertz CT molecular complexity index is 1250. The van der Waals surface area contributed by atoms with E-state index in [0.717, 1.165) is 44.9 Å². The largest absolute Gasteiger partial charge is 0.466 e. The third kappa shape index (κ3) is 65.5. The number of ether oxygens (including phenoxy) is 1. The molecule has 0 fully saturated rings. The first-order valence-electron chi connectivity index (χ1n) is 36.6. The van der Waals surface area contributed by atoms with Crippen molar-refractivity contribution in [3.8, 4) is 0 Å². The highest BCUT2D eigenvalue weighted by Gasteiger charge is 2.20. The Kier molecular flexibility index (Phi) is 68.4. The van der Waals surface area contributed by atoms with E-state index in [9.17, 15) is 19.8 Å². The van der Waals surface area contributed by atoms with Gasteiger partial charge in [0, 0.05) is 12.8 Å². The fourth-order valence-corrected chi connectivity index (χ4v) is 11.6. The lowest BCUT2D eigenvalue weighted by Gasteiger charge is -2.22. The first-order chi connectivity index (χ1) is 39.5. The highest BCUT2D eigenvalue weighted by atomic mass is 16.5. The van der Waals surface area contributed by atoms with Crippen molar-refractivity contribution in [1.82, 2.24) is 5.32 Å². The van der Waals surface area contributed by atoms with Crippen molar-refractivity contribution in [3.05, 3.63) is 24.3 Å². The van der Waals surface area contributed by atoms with Gasteiger partial charge in [0.25, 0.3) is 0 Å². The van der Waals surface area contributed by atoms with Gasteiger partial charge in [0.15, 0.2) is 0 Å². The summed E-state index contributed by atoms with van der Waals surface area (Å²) in [7, 11) is 0. The predicted octanol–water partition coefficient (Wildman–Crippen LogP) is 23.7. The van der Waals surface area contributed by atoms with Crippen LogP contribution in [-0.2, 0) is 14.3 Å². The quantitative estimate of drug-likeness (QED) is 0.0320. The van der Waals surface area contributed by atoms with E-state index >= 15 is 0 Å². The lowest BCUT2D eigenvalue weighted by molar-refractivity contribution is -0.143. The Labute approximate surface area is 501 Å². The molecular weight excluding hydrogens is 983 g/mol. The third-order valence-electron chi connectivity index (χ3n) is 17.2. The van der Waals surface area contributed by atoms with E-state index in [1.807, 2.05) is 0 Å². The fraction of sp³-hybridized carbons (Fsp3) is 0.919. The van der Waals surface area contributed by atoms with Crippen LogP contribution in [0.4, 0.5) is 0 Å². The number of allylic oxidation sites excluding steroid dienone is 4. The molecule has 0 aromatic rings. The molecule has 0 bridgehead atoms. The van der Waals surface area contributed by atoms with Crippen LogP contribution < -0.4 is 5.32 Å². The summed E-state index contributed by atoms with van der Waals surface area (Å²) in [4.78, 5) is 24.6. The van der Waals surface area contributed by atoms with Crippen molar-refractivity contribution in [2.45, 2.75) is 424 Å². The SMILES string of the molecule is CCCCC/C=C\CCCCCCCC(=O)OCCCCCCCCCCCCCC/C=C\CCCCCCCCCCCCC(=O)NC(CO)C(O)CCCCCCCCCCCCCCCCCCCCCCCCCCC. The Morgan fingerprint density at radius 3 is 0.912 bits per heavy atom. The van der Waals surface area contributed by atoms with Crippen molar-refractivity contribution in [2.24, 2.45) is 0 Å². The normalized spacial score (nSPS) is 12.6. The number of esters is 1. The lowest BCUT2D eigenvalue weighted by atomic mass is 10.0. The summed E-state index contributed by atoms with van der Waals surface area (Å²) >= 11 is 0. The lowest BCUT2D eigenvalue weighted by Crippen LogP contribution is -2.45. The monoisotopic (exact) mass is 1130 g/mol. The Morgan fingerprint density at radius 1 is 0.338 bits per heavy atom. The Hall–Kier alpha value is -1.66. The molecule has 80 heavy (non-hydrogen) atoms. The molecule has 0 rings (SSSR count). The molecule has 0 aliphatic carbocycles. The van der Waals surface area contributed by atoms with Gasteiger partial charge in [-0.2, -0.15) is 0 Å². The second kappa shape index (κ2) is 69.8. The van der Waals surface area contributed by atoms with Crippen molar-refractivity contribution >= 4 is 11.9 Å². The van der Waals surface area contributed by atoms with E-state index < -0.39 is 12.1 Å². The second-order valence-corrected chi connectivity index (χ2v) is 25.3. The average Bonchev–Trinajstić information content (AvgIpc) is 3.46. The molecule has 0 aromatic carbocycles. The van der Waals surface area contributed by atoms with E-state index in [1.165, 1.54) is 334 Å². The minimum atomic E-state index is -0.667. The van der Waals surface area contributed by atoms with Crippen LogP contribution in [0.5, 0.6) is 0 Å². The standard InChI is InChI=1S/C74H143NO5/c1-3-5-7-9-11-13-15-17-18-19-20-21-22-25-28-31-34-37-40-43-46-50-54-58-62-66-72(77)71(70-76)75-73(78)67-63-59-55-51-47-44-41-38-35-32-29-26-23-24-27-30-33-36-39-42-45-49-53-57-61-65-69-80-74(79)68-64-60-56-52-48-16-14-12-10-8-6-4-2/h12,14,23,26,71-72,76-77H,3-11,13,15-22,24-25,27-70H2,1-2H3,(H,75,78)/b14-12-,26-23-. The van der Waals surface area contributed by atoms with Crippen LogP contribution >= 0.6 is 0 Å². The molecule has 3 N–H and O–H groups in total. The first kappa shape index (κ1) is 78.3. The van der Waals surface area contributed by atoms with Crippen molar-refractivity contribution < 1.29 is 24.5 Å². The number of unbranched alkanes of at least 4 members (excludes halogenated alkanes) is 54. The third-order valence-corrected chi connectivity index (χ3v) is 17.2. The van der Waals surface area contributed by atoms with Crippen LogP contribution in [0.2, 0.25) is 0 Å². The highest BCUT2D eigenvalue weighted by molar-refractivity contribution is 5.76. The maximum absolute atomic E-state index is 12.6. The fourth-order valence-electron chi connectivity index (χ4n) is 11.6. The smallest absolute Gasteiger partial charge is 0.305 e. The molecule has 0 aromatic heterocycles. The summed E-state index contributed by atoms with van der Waals surface area (Å²) in [5.74, 6) is -0.0267. The maximum Gasteiger partial charge on any atom is 0.305 e. The summed E-state index contributed by atoms with van der Waals surface area (Å²) < 4.78 is 5.47. The summed E-state index contributed by atoms with van der Waals surface area (Å²) in [5, 5.41) is 23.5. The van der Waals surface area contributed by atoms with Gasteiger partial charge in [-0.1, -0.05) is 346 Å². The molecule has 6 nitrogen and oxygen atoms in total. The Balaban J connectivity index is 3.39. The van der Waals surface area contributed by atoms with Gasteiger partial charge in [0.2, 0.25) is 5.91 Å². The number of hydrogen-bond acceptors (Lipinski definition) is 5. The van der Waals surface area contributed by atoms with Gasteiger partial charge in [0.05, 0.1) is 25.4 Å². The zero-order valence-corrected chi connectivity index (χ0v) is 54.3. The van der Waals surface area contributed by atoms with Gasteiger partial charge in [-0.05, 0) is 77.0 Å². The number of amides is 1. The zero-order valence-electron chi connectivity index (χ0n) is 54.3. The molecule has 0 saturated heterocycles. The molecule has 474 valence electrons. The van der Waals surface area contributed by atoms with Crippen LogP contribution in [0, 0.1) is 0 Å². The van der Waals surface area contributed by atoms with Crippen molar-refractivity contribution in [1.29, 1.82) is 0 Å². The summed E-state index contributed by atoms with van der Waals surface area (Å²) in [6, 6.07) is -0.544. The van der Waals surface area contributed by atoms with Crippen LogP contribution in [0.3, 0.4) is 0 Å². The molecule has 0 spiro atoms. The van der Waals surface area contributed by atoms with Crippen molar-refractivity contribution in [2.75, 3.05) is 13.2 Å². The number of carbonyl (C=O) groups excluding carboxylic acids is 2. The Morgan fingerprint density at radius 2 is 0.588 bits per heavy atom. The number of aliphatic hydroxyl groups excluding tert-OH is 2. The topological polar surface area (TPSA) is 95.9 Å². The minimum Gasteiger partial charge on any atom is -0.466 e. The minimum absolute atomic E-state index is 0.00506. The van der Waals surface area contributed by atoms with Crippen LogP contribution in [0.25, 0.3) is 0 Å². The first-order valence-corrected chi connectivity index (χ1v) is 36.6. The van der Waals surface area contributed by atoms with E-state index in [4.69, 9.17) is 4.74 Å². The van der Waals surface area contributed by atoms with E-state index in [0.29, 0.717) is 25.9 Å². The second-order valence-electron chi connectivity index (χ2n) is 25.3. The zero-order chi connectivity index (χ0) is 57.8. The molecule has 6 heteroatoms. The molecule has 0 aliphatic heterocycles. The van der Waals surface area contributed by atoms with Gasteiger partial charge >= 0.3 is 5.97 Å².